The zero-order valence-corrected chi connectivity index (χ0v) is 16.7. The number of halogens is 3. The minimum absolute atomic E-state index is 0.0412. The fourth-order valence-electron chi connectivity index (χ4n) is 2.00. The zero-order chi connectivity index (χ0) is 17.9. The maximum Gasteiger partial charge on any atom is 0.262 e. The molecule has 2 aromatic rings. The standard InChI is InChI=1S/C18H18BrCl2NO2/c1-18(2,3)11-4-6-15(13(19)8-11)22-17(23)10-24-16-7-5-12(20)9-14(16)21/h4-9H,10H2,1-3H3,(H,22,23). The quantitative estimate of drug-likeness (QED) is 0.638. The summed E-state index contributed by atoms with van der Waals surface area (Å²) in [5.74, 6) is 0.142. The molecule has 0 atom stereocenters. The summed E-state index contributed by atoms with van der Waals surface area (Å²) >= 11 is 15.3. The van der Waals surface area contributed by atoms with Crippen LogP contribution in [0.4, 0.5) is 5.69 Å². The first-order chi connectivity index (χ1) is 11.2. The maximum atomic E-state index is 12.1. The molecule has 24 heavy (non-hydrogen) atoms. The van der Waals surface area contributed by atoms with Crippen LogP contribution in [0.25, 0.3) is 0 Å². The predicted molar refractivity (Wildman–Crippen MR) is 103 cm³/mol. The summed E-state index contributed by atoms with van der Waals surface area (Å²) in [5.41, 5.74) is 1.91. The highest BCUT2D eigenvalue weighted by molar-refractivity contribution is 9.10. The molecular formula is C18H18BrCl2NO2. The number of benzene rings is 2. The lowest BCUT2D eigenvalue weighted by molar-refractivity contribution is -0.118. The Hall–Kier alpha value is -1.23. The Labute approximate surface area is 160 Å². The van der Waals surface area contributed by atoms with E-state index < -0.39 is 0 Å². The number of nitrogens with one attached hydrogen (secondary N) is 1. The van der Waals surface area contributed by atoms with E-state index in [1.165, 1.54) is 5.56 Å². The highest BCUT2D eigenvalue weighted by Gasteiger charge is 2.16. The van der Waals surface area contributed by atoms with E-state index >= 15 is 0 Å². The lowest BCUT2D eigenvalue weighted by Gasteiger charge is -2.20. The highest BCUT2D eigenvalue weighted by atomic mass is 79.9. The van der Waals surface area contributed by atoms with Gasteiger partial charge in [-0.25, -0.2) is 0 Å². The molecule has 0 saturated carbocycles. The number of amides is 1. The van der Waals surface area contributed by atoms with E-state index in [1.807, 2.05) is 18.2 Å². The van der Waals surface area contributed by atoms with Gasteiger partial charge in [0.1, 0.15) is 5.75 Å². The second-order valence-corrected chi connectivity index (χ2v) is 8.05. The average molecular weight is 431 g/mol. The minimum Gasteiger partial charge on any atom is -0.482 e. The number of hydrogen-bond donors (Lipinski definition) is 1. The summed E-state index contributed by atoms with van der Waals surface area (Å²) < 4.78 is 6.25. The molecule has 0 bridgehead atoms. The van der Waals surface area contributed by atoms with Crippen LogP contribution in [-0.4, -0.2) is 12.5 Å². The van der Waals surface area contributed by atoms with E-state index in [0.717, 1.165) is 4.47 Å². The lowest BCUT2D eigenvalue weighted by atomic mass is 9.87. The summed E-state index contributed by atoms with van der Waals surface area (Å²) in [6, 6.07) is 10.7. The van der Waals surface area contributed by atoms with Crippen LogP contribution < -0.4 is 10.1 Å². The third-order valence-corrected chi connectivity index (χ3v) is 4.55. The molecule has 128 valence electrons. The summed E-state index contributed by atoms with van der Waals surface area (Å²) in [4.78, 5) is 12.1. The number of carbonyl (C=O) groups excluding carboxylic acids is 1. The van der Waals surface area contributed by atoms with Crippen LogP contribution in [0.5, 0.6) is 5.75 Å². The number of anilines is 1. The third kappa shape index (κ3) is 5.13. The second-order valence-electron chi connectivity index (χ2n) is 6.36. The van der Waals surface area contributed by atoms with Gasteiger partial charge >= 0.3 is 0 Å². The molecule has 0 radical (unpaired) electrons. The molecule has 0 aliphatic rings. The van der Waals surface area contributed by atoms with Gasteiger partial charge in [0.25, 0.3) is 5.91 Å². The molecular weight excluding hydrogens is 413 g/mol. The van der Waals surface area contributed by atoms with Gasteiger partial charge < -0.3 is 10.1 Å². The van der Waals surface area contributed by atoms with Crippen molar-refractivity contribution < 1.29 is 9.53 Å². The zero-order valence-electron chi connectivity index (χ0n) is 13.6. The van der Waals surface area contributed by atoms with E-state index in [4.69, 9.17) is 27.9 Å². The fraction of sp³-hybridized carbons (Fsp3) is 0.278. The van der Waals surface area contributed by atoms with Crippen molar-refractivity contribution in [2.24, 2.45) is 0 Å². The molecule has 0 fully saturated rings. The second kappa shape index (κ2) is 7.77. The first-order valence-corrected chi connectivity index (χ1v) is 8.89. The van der Waals surface area contributed by atoms with Crippen molar-refractivity contribution in [1.29, 1.82) is 0 Å². The number of carbonyl (C=O) groups is 1. The molecule has 3 nitrogen and oxygen atoms in total. The van der Waals surface area contributed by atoms with Gasteiger partial charge in [0.2, 0.25) is 0 Å². The number of hydrogen-bond acceptors (Lipinski definition) is 2. The van der Waals surface area contributed by atoms with Gasteiger partial charge in [-0.2, -0.15) is 0 Å². The fourth-order valence-corrected chi connectivity index (χ4v) is 2.95. The van der Waals surface area contributed by atoms with Crippen molar-refractivity contribution in [1.82, 2.24) is 0 Å². The van der Waals surface area contributed by atoms with Crippen LogP contribution >= 0.6 is 39.1 Å². The van der Waals surface area contributed by atoms with E-state index in [-0.39, 0.29) is 17.9 Å². The first-order valence-electron chi connectivity index (χ1n) is 7.34. The van der Waals surface area contributed by atoms with Crippen molar-refractivity contribution in [3.05, 3.63) is 56.5 Å². The highest BCUT2D eigenvalue weighted by Crippen LogP contribution is 2.30. The Morgan fingerprint density at radius 3 is 2.46 bits per heavy atom. The Balaban J connectivity index is 2.00. The van der Waals surface area contributed by atoms with Crippen LogP contribution in [-0.2, 0) is 10.2 Å². The predicted octanol–water partition coefficient (Wildman–Crippen LogP) is 6.07. The molecule has 0 saturated heterocycles. The number of ether oxygens (including phenoxy) is 1. The molecule has 1 amide bonds. The average Bonchev–Trinajstić information content (AvgIpc) is 2.47. The van der Waals surface area contributed by atoms with Crippen molar-refractivity contribution in [2.75, 3.05) is 11.9 Å². The largest absolute Gasteiger partial charge is 0.482 e. The Bertz CT molecular complexity index is 757. The molecule has 2 aromatic carbocycles. The SMILES string of the molecule is CC(C)(C)c1ccc(NC(=O)COc2ccc(Cl)cc2Cl)c(Br)c1. The van der Waals surface area contributed by atoms with Crippen LogP contribution in [0.1, 0.15) is 26.3 Å². The third-order valence-electron chi connectivity index (χ3n) is 3.36. The van der Waals surface area contributed by atoms with Gasteiger partial charge in [-0.1, -0.05) is 50.0 Å². The van der Waals surface area contributed by atoms with Crippen molar-refractivity contribution in [3.63, 3.8) is 0 Å². The van der Waals surface area contributed by atoms with Crippen LogP contribution in [0.15, 0.2) is 40.9 Å². The van der Waals surface area contributed by atoms with Crippen molar-refractivity contribution in [3.8, 4) is 5.75 Å². The van der Waals surface area contributed by atoms with Crippen LogP contribution in [0, 0.1) is 0 Å². The molecule has 0 spiro atoms. The maximum absolute atomic E-state index is 12.1. The van der Waals surface area contributed by atoms with Gasteiger partial charge in [0.15, 0.2) is 6.61 Å². The number of rotatable bonds is 4. The van der Waals surface area contributed by atoms with E-state index in [2.05, 4.69) is 42.0 Å². The van der Waals surface area contributed by atoms with Gasteiger partial charge in [0, 0.05) is 9.50 Å². The summed E-state index contributed by atoms with van der Waals surface area (Å²) in [5, 5.41) is 3.69. The lowest BCUT2D eigenvalue weighted by Crippen LogP contribution is -2.20. The van der Waals surface area contributed by atoms with Crippen LogP contribution in [0.3, 0.4) is 0 Å². The van der Waals surface area contributed by atoms with E-state index in [0.29, 0.717) is 21.5 Å². The molecule has 0 aliphatic carbocycles. The van der Waals surface area contributed by atoms with E-state index in [9.17, 15) is 4.79 Å². The molecule has 0 aromatic heterocycles. The summed E-state index contributed by atoms with van der Waals surface area (Å²) in [7, 11) is 0. The Kier molecular flexibility index (Phi) is 6.18. The first kappa shape index (κ1) is 19.1. The molecule has 2 rings (SSSR count). The molecule has 0 unspecified atom stereocenters. The van der Waals surface area contributed by atoms with Crippen LogP contribution in [0.2, 0.25) is 10.0 Å². The van der Waals surface area contributed by atoms with E-state index in [1.54, 1.807) is 18.2 Å². The normalized spacial score (nSPS) is 11.2. The van der Waals surface area contributed by atoms with Gasteiger partial charge in [-0.3, -0.25) is 4.79 Å². The topological polar surface area (TPSA) is 38.3 Å². The van der Waals surface area contributed by atoms with Gasteiger partial charge in [-0.05, 0) is 57.2 Å². The van der Waals surface area contributed by atoms with Crippen molar-refractivity contribution >= 4 is 50.7 Å². The van der Waals surface area contributed by atoms with Gasteiger partial charge in [0.05, 0.1) is 10.7 Å². The molecule has 6 heteroatoms. The minimum atomic E-state index is -0.273. The van der Waals surface area contributed by atoms with Gasteiger partial charge in [-0.15, -0.1) is 0 Å². The van der Waals surface area contributed by atoms with Crippen molar-refractivity contribution in [2.45, 2.75) is 26.2 Å². The smallest absolute Gasteiger partial charge is 0.262 e. The Morgan fingerprint density at radius 2 is 1.88 bits per heavy atom. The molecule has 0 heterocycles. The monoisotopic (exact) mass is 429 g/mol. The Morgan fingerprint density at radius 1 is 1.17 bits per heavy atom. The molecule has 1 N–H and O–H groups in total. The summed E-state index contributed by atoms with van der Waals surface area (Å²) in [6.07, 6.45) is 0. The molecule has 0 aliphatic heterocycles. The summed E-state index contributed by atoms with van der Waals surface area (Å²) in [6.45, 7) is 6.26.